The van der Waals surface area contributed by atoms with Crippen molar-refractivity contribution in [1.29, 1.82) is 0 Å². The fourth-order valence-electron chi connectivity index (χ4n) is 9.03. The summed E-state index contributed by atoms with van der Waals surface area (Å²) >= 11 is 0. The monoisotopic (exact) mass is 867 g/mol. The first kappa shape index (κ1) is 52.7. The van der Waals surface area contributed by atoms with Crippen molar-refractivity contribution in [2.24, 2.45) is 28.8 Å². The number of hydrogen-bond donors (Lipinski definition) is 5. The number of hydrogen-bond acceptors (Lipinski definition) is 18. The molecule has 0 amide bonds. The van der Waals surface area contributed by atoms with Crippen LogP contribution in [0.15, 0.2) is 5.16 Å². The molecule has 18 heteroatoms. The SMILES string of the molecule is CC[C@H]1OC(=O)[C@H](C)[C@@H](O[C@H]2C[C@@](C)(OC)[C@@H](O)[C@H](C)O2)[C@H](C)[C@@H](O[C@@H]2O[C@H](C)C[C@H](N(C)C)[C@H]2O)[C@](C)(O)C[C@@H](C)/C(=N\OCOCOCCOC)[C@H](C)[C@@H](O)[C@]1(C)O. The molecule has 0 unspecified atom stereocenters. The highest BCUT2D eigenvalue weighted by Crippen LogP contribution is 2.41. The topological polar surface area (TPSA) is 226 Å². The molecule has 0 aromatic rings. The zero-order valence-corrected chi connectivity index (χ0v) is 38.4. The summed E-state index contributed by atoms with van der Waals surface area (Å²) in [6.45, 7) is 17.2. The van der Waals surface area contributed by atoms with Gasteiger partial charge in [-0.1, -0.05) is 32.9 Å². The lowest BCUT2D eigenvalue weighted by Gasteiger charge is -2.49. The first-order valence-corrected chi connectivity index (χ1v) is 21.3. The Morgan fingerprint density at radius 1 is 0.867 bits per heavy atom. The van der Waals surface area contributed by atoms with Crippen molar-refractivity contribution in [3.8, 4) is 0 Å². The highest BCUT2D eigenvalue weighted by Gasteiger charge is 2.53. The average molecular weight is 867 g/mol. The molecule has 18 atom stereocenters. The van der Waals surface area contributed by atoms with Crippen molar-refractivity contribution < 1.29 is 77.8 Å². The van der Waals surface area contributed by atoms with Gasteiger partial charge in [0, 0.05) is 44.4 Å². The van der Waals surface area contributed by atoms with Crippen LogP contribution >= 0.6 is 0 Å². The molecule has 3 aliphatic heterocycles. The lowest BCUT2D eigenvalue weighted by molar-refractivity contribution is -0.317. The van der Waals surface area contributed by atoms with Crippen LogP contribution in [0, 0.1) is 23.7 Å². The second kappa shape index (κ2) is 22.8. The molecule has 3 fully saturated rings. The van der Waals surface area contributed by atoms with Crippen LogP contribution in [0.25, 0.3) is 0 Å². The van der Waals surface area contributed by atoms with E-state index in [0.717, 1.165) is 0 Å². The van der Waals surface area contributed by atoms with Gasteiger partial charge in [0.15, 0.2) is 19.4 Å². The number of methoxy groups -OCH3 is 2. The number of nitrogens with zero attached hydrogens (tertiary/aromatic N) is 2. The molecule has 0 aromatic carbocycles. The predicted molar refractivity (Wildman–Crippen MR) is 218 cm³/mol. The maximum Gasteiger partial charge on any atom is 0.311 e. The second-order valence-electron chi connectivity index (χ2n) is 18.1. The van der Waals surface area contributed by atoms with Gasteiger partial charge in [-0.05, 0) is 74.9 Å². The third-order valence-corrected chi connectivity index (χ3v) is 12.8. The molecule has 0 spiro atoms. The molecule has 0 aromatic heterocycles. The maximum absolute atomic E-state index is 14.4. The zero-order valence-electron chi connectivity index (χ0n) is 38.4. The van der Waals surface area contributed by atoms with Gasteiger partial charge in [-0.3, -0.25) is 4.79 Å². The van der Waals surface area contributed by atoms with E-state index in [1.807, 2.05) is 25.9 Å². The van der Waals surface area contributed by atoms with Gasteiger partial charge >= 0.3 is 5.97 Å². The van der Waals surface area contributed by atoms with Crippen LogP contribution in [-0.2, 0) is 52.3 Å². The van der Waals surface area contributed by atoms with E-state index in [0.29, 0.717) is 19.6 Å². The van der Waals surface area contributed by atoms with E-state index in [2.05, 4.69) is 5.16 Å². The minimum absolute atomic E-state index is 0.0481. The Morgan fingerprint density at radius 2 is 1.53 bits per heavy atom. The number of rotatable bonds is 15. The molecule has 0 aliphatic carbocycles. The maximum atomic E-state index is 14.4. The number of aliphatic hydroxyl groups excluding tert-OH is 3. The molecule has 60 heavy (non-hydrogen) atoms. The number of aliphatic hydroxyl groups is 5. The summed E-state index contributed by atoms with van der Waals surface area (Å²) < 4.78 is 53.4. The second-order valence-corrected chi connectivity index (χ2v) is 18.1. The van der Waals surface area contributed by atoms with E-state index in [1.165, 1.54) is 14.0 Å². The molecule has 18 nitrogen and oxygen atoms in total. The van der Waals surface area contributed by atoms with Gasteiger partial charge in [-0.25, -0.2) is 0 Å². The van der Waals surface area contributed by atoms with Crippen molar-refractivity contribution in [2.45, 2.75) is 179 Å². The van der Waals surface area contributed by atoms with E-state index in [-0.39, 0.29) is 50.7 Å². The summed E-state index contributed by atoms with van der Waals surface area (Å²) in [6, 6.07) is -0.336. The molecule has 5 N–H and O–H groups in total. The molecule has 3 aliphatic rings. The minimum Gasteiger partial charge on any atom is -0.459 e. The summed E-state index contributed by atoms with van der Waals surface area (Å²) in [5.74, 6) is -4.22. The Balaban J connectivity index is 2.18. The van der Waals surface area contributed by atoms with E-state index >= 15 is 0 Å². The molecule has 3 heterocycles. The van der Waals surface area contributed by atoms with Crippen LogP contribution in [0.1, 0.15) is 94.9 Å². The lowest BCUT2D eigenvalue weighted by Crippen LogP contribution is -2.61. The van der Waals surface area contributed by atoms with Crippen molar-refractivity contribution in [3.05, 3.63) is 0 Å². The largest absolute Gasteiger partial charge is 0.459 e. The van der Waals surface area contributed by atoms with Gasteiger partial charge in [-0.15, -0.1) is 0 Å². The Labute approximate surface area is 357 Å². The highest BCUT2D eigenvalue weighted by molar-refractivity contribution is 5.88. The Kier molecular flexibility index (Phi) is 20.1. The zero-order chi connectivity index (χ0) is 45.3. The summed E-state index contributed by atoms with van der Waals surface area (Å²) in [5, 5.41) is 63.7. The molecular formula is C42H78N2O16. The lowest BCUT2D eigenvalue weighted by atomic mass is 9.73. The van der Waals surface area contributed by atoms with Crippen LogP contribution in [0.3, 0.4) is 0 Å². The molecular weight excluding hydrogens is 788 g/mol. The van der Waals surface area contributed by atoms with Crippen molar-refractivity contribution in [3.63, 3.8) is 0 Å². The van der Waals surface area contributed by atoms with Crippen LogP contribution in [0.5, 0.6) is 0 Å². The van der Waals surface area contributed by atoms with E-state index in [4.69, 9.17) is 47.5 Å². The molecule has 352 valence electrons. The molecule has 0 radical (unpaired) electrons. The number of carbonyl (C=O) groups is 1. The number of carbonyl (C=O) groups excluding carboxylic acids is 1. The van der Waals surface area contributed by atoms with Crippen LogP contribution in [0.2, 0.25) is 0 Å². The number of likely N-dealkylation sites (N-methyl/N-ethyl adjacent to an activating group) is 1. The molecule has 0 saturated carbocycles. The van der Waals surface area contributed by atoms with Gasteiger partial charge < -0.3 is 77.9 Å². The number of cyclic esters (lactones) is 1. The first-order valence-electron chi connectivity index (χ1n) is 21.3. The Hall–Kier alpha value is -1.62. The summed E-state index contributed by atoms with van der Waals surface area (Å²) in [4.78, 5) is 21.8. The standard InChI is InChI=1S/C42H78N2O16/c1-15-30-42(10,50)35(46)25(4)32(43-55-22-54-21-53-17-16-51-13)23(2)19-40(8,49)37(60-39-33(45)29(44(11)12)18-24(3)56-39)26(5)34(27(6)38(48)58-30)59-31-20-41(9,52-14)36(47)28(7)57-31/h23-31,33-37,39,45-47,49-50H,15-22H2,1-14H3/b43-32+/t23-,24-,25+,26+,27-,28+,29+,30-,31+,33-,34+,35-,36+,37-,39+,40-,41-,42-/m1/s1. The number of esters is 1. The third kappa shape index (κ3) is 13.0. The molecule has 3 rings (SSSR count). The Bertz CT molecular complexity index is 1340. The van der Waals surface area contributed by atoms with Crippen LogP contribution < -0.4 is 0 Å². The molecule has 3 saturated heterocycles. The van der Waals surface area contributed by atoms with Crippen LogP contribution in [0.4, 0.5) is 0 Å². The van der Waals surface area contributed by atoms with E-state index in [9.17, 15) is 30.3 Å². The minimum atomic E-state index is -1.98. The van der Waals surface area contributed by atoms with Gasteiger partial charge in [0.1, 0.15) is 23.9 Å². The summed E-state index contributed by atoms with van der Waals surface area (Å²) in [6.07, 6.45) is -9.64. The fourth-order valence-corrected chi connectivity index (χ4v) is 9.03. The smallest absolute Gasteiger partial charge is 0.311 e. The Morgan fingerprint density at radius 3 is 2.13 bits per heavy atom. The van der Waals surface area contributed by atoms with Gasteiger partial charge in [0.25, 0.3) is 0 Å². The van der Waals surface area contributed by atoms with Gasteiger partial charge in [-0.2, -0.15) is 0 Å². The van der Waals surface area contributed by atoms with Crippen LogP contribution in [-0.4, -0.2) is 181 Å². The van der Waals surface area contributed by atoms with Crippen molar-refractivity contribution >= 4 is 11.7 Å². The van der Waals surface area contributed by atoms with Crippen molar-refractivity contribution in [2.75, 3.05) is 55.1 Å². The normalized spacial score (nSPS) is 44.7. The number of ether oxygens (including phenoxy) is 9. The summed E-state index contributed by atoms with van der Waals surface area (Å²) in [5.41, 5.74) is -4.56. The third-order valence-electron chi connectivity index (χ3n) is 12.8. The average Bonchev–Trinajstić information content (AvgIpc) is 3.18. The summed E-state index contributed by atoms with van der Waals surface area (Å²) in [7, 11) is 6.76. The van der Waals surface area contributed by atoms with Crippen molar-refractivity contribution in [1.82, 2.24) is 4.90 Å². The van der Waals surface area contributed by atoms with Gasteiger partial charge in [0.05, 0.1) is 66.6 Å². The molecule has 0 bridgehead atoms. The van der Waals surface area contributed by atoms with Gasteiger partial charge in [0.2, 0.25) is 6.79 Å². The highest BCUT2D eigenvalue weighted by atomic mass is 16.8. The van der Waals surface area contributed by atoms with E-state index < -0.39 is 102 Å². The predicted octanol–water partition coefficient (Wildman–Crippen LogP) is 2.18. The quantitative estimate of drug-likeness (QED) is 0.0688. The van der Waals surface area contributed by atoms with E-state index in [1.54, 1.807) is 62.5 Å². The number of oxime groups is 1. The fraction of sp³-hybridized carbons (Fsp3) is 0.952. The first-order chi connectivity index (χ1) is 28.0.